The summed E-state index contributed by atoms with van der Waals surface area (Å²) in [6, 6.07) is 1.50. The van der Waals surface area contributed by atoms with Crippen LogP contribution in [0.15, 0.2) is 18.5 Å². The van der Waals surface area contributed by atoms with Crippen molar-refractivity contribution in [3.63, 3.8) is 0 Å². The molecular weight excluding hydrogens is 328 g/mol. The maximum Gasteiger partial charge on any atom is 0.243 e. The van der Waals surface area contributed by atoms with E-state index in [1.807, 2.05) is 20.9 Å². The van der Waals surface area contributed by atoms with E-state index in [2.05, 4.69) is 25.3 Å². The van der Waals surface area contributed by atoms with Crippen LogP contribution in [-0.4, -0.2) is 43.1 Å². The molecule has 0 unspecified atom stereocenters. The lowest BCUT2D eigenvalue weighted by Crippen LogP contribution is -2.42. The van der Waals surface area contributed by atoms with E-state index in [-0.39, 0.29) is 18.0 Å². The first-order valence-electron chi connectivity index (χ1n) is 8.01. The fourth-order valence-electron chi connectivity index (χ4n) is 3.32. The van der Waals surface area contributed by atoms with Crippen molar-refractivity contribution in [3.8, 4) is 0 Å². The number of aryl methyl sites for hydroxylation is 2. The third kappa shape index (κ3) is 3.14. The van der Waals surface area contributed by atoms with Crippen molar-refractivity contribution in [2.24, 2.45) is 7.05 Å². The number of likely N-dealkylation sites (tertiary alicyclic amines) is 1. The summed E-state index contributed by atoms with van der Waals surface area (Å²) in [6.45, 7) is 4.70. The molecule has 8 heteroatoms. The van der Waals surface area contributed by atoms with Crippen molar-refractivity contribution in [1.29, 1.82) is 0 Å². The number of amides is 1. The summed E-state index contributed by atoms with van der Waals surface area (Å²) in [5, 5.41) is 7.81. The Kier molecular flexibility index (Phi) is 4.82. The predicted octanol–water partition coefficient (Wildman–Crippen LogP) is 2.34. The van der Waals surface area contributed by atoms with Crippen LogP contribution < -0.4 is 5.32 Å². The standard InChI is InChI=1S/C16H21ClN6O/c1-10-13(14(17)22(3)21-10)12-6-4-9-23(12)11(2)15(24)20-16-18-7-5-8-19-16/h5,7-8,11-12H,4,6,9H2,1-3H3,(H,18,19,20,24)/t11-,12-/m1/s1. The molecule has 24 heavy (non-hydrogen) atoms. The van der Waals surface area contributed by atoms with E-state index in [1.54, 1.807) is 23.1 Å². The van der Waals surface area contributed by atoms with E-state index >= 15 is 0 Å². The van der Waals surface area contributed by atoms with Gasteiger partial charge in [0.1, 0.15) is 5.15 Å². The van der Waals surface area contributed by atoms with E-state index in [9.17, 15) is 4.79 Å². The molecule has 1 amide bonds. The molecule has 0 spiro atoms. The van der Waals surface area contributed by atoms with Gasteiger partial charge in [-0.25, -0.2) is 9.97 Å². The van der Waals surface area contributed by atoms with Gasteiger partial charge >= 0.3 is 0 Å². The van der Waals surface area contributed by atoms with Gasteiger partial charge in [0.25, 0.3) is 0 Å². The molecule has 0 aromatic carbocycles. The molecule has 1 N–H and O–H groups in total. The SMILES string of the molecule is Cc1nn(C)c(Cl)c1[C@H]1CCCN1[C@H](C)C(=O)Nc1ncccn1. The van der Waals surface area contributed by atoms with Gasteiger partial charge in [0.05, 0.1) is 11.7 Å². The third-order valence-electron chi connectivity index (χ3n) is 4.50. The number of carbonyl (C=O) groups is 1. The quantitative estimate of drug-likeness (QED) is 0.917. The lowest BCUT2D eigenvalue weighted by molar-refractivity contribution is -0.121. The Hall–Kier alpha value is -1.99. The topological polar surface area (TPSA) is 75.9 Å². The van der Waals surface area contributed by atoms with Crippen LogP contribution in [0, 0.1) is 6.92 Å². The summed E-state index contributed by atoms with van der Waals surface area (Å²) < 4.78 is 1.69. The monoisotopic (exact) mass is 348 g/mol. The first kappa shape index (κ1) is 16.9. The first-order chi connectivity index (χ1) is 11.5. The van der Waals surface area contributed by atoms with E-state index in [0.717, 1.165) is 30.6 Å². The Morgan fingerprint density at radius 3 is 2.75 bits per heavy atom. The molecule has 0 saturated carbocycles. The number of aromatic nitrogens is 4. The Bertz CT molecular complexity index is 732. The van der Waals surface area contributed by atoms with Crippen molar-refractivity contribution in [2.75, 3.05) is 11.9 Å². The summed E-state index contributed by atoms with van der Waals surface area (Å²) in [7, 11) is 1.83. The molecular formula is C16H21ClN6O. The van der Waals surface area contributed by atoms with Crippen LogP contribution in [-0.2, 0) is 11.8 Å². The highest BCUT2D eigenvalue weighted by Gasteiger charge is 2.36. The summed E-state index contributed by atoms with van der Waals surface area (Å²) in [5.41, 5.74) is 1.94. The van der Waals surface area contributed by atoms with Crippen LogP contribution >= 0.6 is 11.6 Å². The van der Waals surface area contributed by atoms with Gasteiger partial charge in [-0.1, -0.05) is 11.6 Å². The average molecular weight is 349 g/mol. The number of nitrogens with zero attached hydrogens (tertiary/aromatic N) is 5. The summed E-state index contributed by atoms with van der Waals surface area (Å²) in [5.74, 6) is 0.200. The van der Waals surface area contributed by atoms with Gasteiger partial charge in [-0.15, -0.1) is 0 Å². The van der Waals surface area contributed by atoms with E-state index in [0.29, 0.717) is 11.1 Å². The van der Waals surface area contributed by atoms with Gasteiger partial charge in [0, 0.05) is 31.0 Å². The lowest BCUT2D eigenvalue weighted by Gasteiger charge is -2.29. The van der Waals surface area contributed by atoms with Crippen molar-refractivity contribution in [2.45, 2.75) is 38.8 Å². The second kappa shape index (κ2) is 6.86. The van der Waals surface area contributed by atoms with Gasteiger partial charge in [-0.3, -0.25) is 19.7 Å². The smallest absolute Gasteiger partial charge is 0.243 e. The normalized spacial score (nSPS) is 19.4. The van der Waals surface area contributed by atoms with Crippen LogP contribution in [0.3, 0.4) is 0 Å². The molecule has 0 bridgehead atoms. The molecule has 128 valence electrons. The first-order valence-corrected chi connectivity index (χ1v) is 8.39. The lowest BCUT2D eigenvalue weighted by atomic mass is 10.0. The van der Waals surface area contributed by atoms with E-state index in [4.69, 9.17) is 11.6 Å². The second-order valence-corrected chi connectivity index (χ2v) is 6.40. The molecule has 2 aromatic rings. The molecule has 2 aromatic heterocycles. The van der Waals surface area contributed by atoms with Crippen LogP contribution in [0.5, 0.6) is 0 Å². The fourth-order valence-corrected chi connectivity index (χ4v) is 3.62. The predicted molar refractivity (Wildman–Crippen MR) is 91.8 cm³/mol. The average Bonchev–Trinajstić information content (AvgIpc) is 3.12. The molecule has 2 atom stereocenters. The zero-order valence-electron chi connectivity index (χ0n) is 14.0. The zero-order chi connectivity index (χ0) is 17.3. The highest BCUT2D eigenvalue weighted by atomic mass is 35.5. The Morgan fingerprint density at radius 2 is 2.12 bits per heavy atom. The maximum atomic E-state index is 12.6. The van der Waals surface area contributed by atoms with Gasteiger partial charge in [0.2, 0.25) is 11.9 Å². The number of hydrogen-bond donors (Lipinski definition) is 1. The van der Waals surface area contributed by atoms with Crippen molar-refractivity contribution >= 4 is 23.5 Å². The van der Waals surface area contributed by atoms with Gasteiger partial charge in [-0.05, 0) is 39.3 Å². The van der Waals surface area contributed by atoms with Crippen LogP contribution in [0.1, 0.15) is 37.1 Å². The number of rotatable bonds is 4. The molecule has 3 heterocycles. The van der Waals surface area contributed by atoms with E-state index in [1.165, 1.54) is 0 Å². The van der Waals surface area contributed by atoms with Crippen LogP contribution in [0.25, 0.3) is 0 Å². The molecule has 3 rings (SSSR count). The molecule has 1 aliphatic heterocycles. The molecule has 1 fully saturated rings. The Balaban J connectivity index is 1.78. The molecule has 0 radical (unpaired) electrons. The van der Waals surface area contributed by atoms with Gasteiger partial charge in [0.15, 0.2) is 0 Å². The fraction of sp³-hybridized carbons (Fsp3) is 0.500. The second-order valence-electron chi connectivity index (χ2n) is 6.05. The number of hydrogen-bond acceptors (Lipinski definition) is 5. The Morgan fingerprint density at radius 1 is 1.42 bits per heavy atom. The molecule has 7 nitrogen and oxygen atoms in total. The molecule has 1 saturated heterocycles. The molecule has 1 aliphatic rings. The number of halogens is 1. The minimum atomic E-state index is -0.308. The number of nitrogens with one attached hydrogen (secondary N) is 1. The van der Waals surface area contributed by atoms with Gasteiger partial charge in [-0.2, -0.15) is 5.10 Å². The van der Waals surface area contributed by atoms with Crippen molar-refractivity contribution in [1.82, 2.24) is 24.6 Å². The minimum absolute atomic E-state index is 0.101. The summed E-state index contributed by atoms with van der Waals surface area (Å²) in [6.07, 6.45) is 5.19. The summed E-state index contributed by atoms with van der Waals surface area (Å²) in [4.78, 5) is 22.8. The highest BCUT2D eigenvalue weighted by molar-refractivity contribution is 6.30. The maximum absolute atomic E-state index is 12.6. The Labute approximate surface area is 146 Å². The van der Waals surface area contributed by atoms with Crippen molar-refractivity contribution in [3.05, 3.63) is 34.9 Å². The highest BCUT2D eigenvalue weighted by Crippen LogP contribution is 2.38. The van der Waals surface area contributed by atoms with E-state index < -0.39 is 0 Å². The number of anilines is 1. The zero-order valence-corrected chi connectivity index (χ0v) is 14.8. The molecule has 0 aliphatic carbocycles. The summed E-state index contributed by atoms with van der Waals surface area (Å²) >= 11 is 6.43. The van der Waals surface area contributed by atoms with Crippen LogP contribution in [0.2, 0.25) is 5.15 Å². The third-order valence-corrected chi connectivity index (χ3v) is 4.95. The number of carbonyl (C=O) groups excluding carboxylic acids is 1. The largest absolute Gasteiger partial charge is 0.293 e. The minimum Gasteiger partial charge on any atom is -0.293 e. The van der Waals surface area contributed by atoms with Gasteiger partial charge < -0.3 is 0 Å². The van der Waals surface area contributed by atoms with Crippen molar-refractivity contribution < 1.29 is 4.79 Å². The van der Waals surface area contributed by atoms with Crippen LogP contribution in [0.4, 0.5) is 5.95 Å².